The first-order valence-electron chi connectivity index (χ1n) is 10.6. The van der Waals surface area contributed by atoms with Gasteiger partial charge in [0.2, 0.25) is 0 Å². The van der Waals surface area contributed by atoms with E-state index in [9.17, 15) is 22.8 Å². The van der Waals surface area contributed by atoms with Crippen molar-refractivity contribution < 1.29 is 32.3 Å². The number of ether oxygens (including phenoxy) is 2. The van der Waals surface area contributed by atoms with Gasteiger partial charge in [-0.05, 0) is 56.3 Å². The molecule has 0 aliphatic carbocycles. The van der Waals surface area contributed by atoms with Gasteiger partial charge in [-0.25, -0.2) is 13.2 Å². The van der Waals surface area contributed by atoms with Crippen LogP contribution in [0.25, 0.3) is 10.2 Å². The number of nitrogens with zero attached hydrogens (tertiary/aromatic N) is 2. The first kappa shape index (κ1) is 25.3. The van der Waals surface area contributed by atoms with Gasteiger partial charge in [0.25, 0.3) is 5.91 Å². The fourth-order valence-electron chi connectivity index (χ4n) is 3.11. The number of fused-ring (bicyclic) bond motifs is 1. The lowest BCUT2D eigenvalue weighted by Gasteiger charge is -2.06. The van der Waals surface area contributed by atoms with Gasteiger partial charge in [-0.15, -0.1) is 0 Å². The van der Waals surface area contributed by atoms with Crippen molar-refractivity contribution in [3.8, 4) is 0 Å². The minimum atomic E-state index is -3.39. The minimum absolute atomic E-state index is 0.0475. The third kappa shape index (κ3) is 5.60. The number of carbonyl (C=O) groups excluding carboxylic acids is 3. The van der Waals surface area contributed by atoms with E-state index in [4.69, 9.17) is 9.47 Å². The van der Waals surface area contributed by atoms with Crippen LogP contribution >= 0.6 is 11.3 Å². The Hall–Kier alpha value is -3.31. The topological polar surface area (TPSA) is 121 Å². The molecule has 9 nitrogen and oxygen atoms in total. The van der Waals surface area contributed by atoms with Crippen LogP contribution in [0.1, 0.15) is 41.5 Å². The third-order valence-corrected chi connectivity index (χ3v) is 7.62. The van der Waals surface area contributed by atoms with Crippen molar-refractivity contribution in [3.05, 3.63) is 58.4 Å². The molecule has 3 rings (SSSR count). The number of hydrogen-bond donors (Lipinski definition) is 0. The Morgan fingerprint density at radius 2 is 1.59 bits per heavy atom. The zero-order valence-electron chi connectivity index (χ0n) is 18.9. The van der Waals surface area contributed by atoms with Crippen molar-refractivity contribution in [2.24, 2.45) is 4.99 Å². The van der Waals surface area contributed by atoms with E-state index in [1.54, 1.807) is 43.5 Å². The summed E-state index contributed by atoms with van der Waals surface area (Å²) in [4.78, 5) is 41.7. The van der Waals surface area contributed by atoms with Gasteiger partial charge in [0.1, 0.15) is 6.54 Å². The van der Waals surface area contributed by atoms with Gasteiger partial charge in [0, 0.05) is 5.56 Å². The van der Waals surface area contributed by atoms with Gasteiger partial charge < -0.3 is 14.0 Å². The molecule has 0 aliphatic rings. The Labute approximate surface area is 200 Å². The molecule has 0 N–H and O–H groups in total. The molecule has 1 aromatic heterocycles. The molecular weight excluding hydrogens is 480 g/mol. The molecule has 3 aromatic rings. The molecule has 0 radical (unpaired) electrons. The van der Waals surface area contributed by atoms with Gasteiger partial charge in [0.05, 0.1) is 39.6 Å². The Balaban J connectivity index is 2.06. The van der Waals surface area contributed by atoms with Gasteiger partial charge >= 0.3 is 11.9 Å². The van der Waals surface area contributed by atoms with Crippen LogP contribution in [0.3, 0.4) is 0 Å². The van der Waals surface area contributed by atoms with Crippen LogP contribution in [0.2, 0.25) is 0 Å². The number of esters is 2. The summed E-state index contributed by atoms with van der Waals surface area (Å²) in [7, 11) is -3.39. The van der Waals surface area contributed by atoms with Gasteiger partial charge in [0.15, 0.2) is 14.6 Å². The predicted molar refractivity (Wildman–Crippen MR) is 126 cm³/mol. The van der Waals surface area contributed by atoms with Gasteiger partial charge in [-0.1, -0.05) is 18.3 Å². The maximum Gasteiger partial charge on any atom is 0.338 e. The van der Waals surface area contributed by atoms with Crippen LogP contribution in [0.15, 0.2) is 52.4 Å². The summed E-state index contributed by atoms with van der Waals surface area (Å²) in [6.07, 6.45) is 0. The molecule has 0 unspecified atom stereocenters. The highest BCUT2D eigenvalue weighted by Gasteiger charge is 2.16. The molecule has 0 bridgehead atoms. The largest absolute Gasteiger partial charge is 0.465 e. The first-order chi connectivity index (χ1) is 16.2. The normalized spacial score (nSPS) is 12.0. The lowest BCUT2D eigenvalue weighted by molar-refractivity contribution is -0.143. The van der Waals surface area contributed by atoms with Gasteiger partial charge in [-0.3, -0.25) is 9.59 Å². The van der Waals surface area contributed by atoms with Crippen molar-refractivity contribution in [1.29, 1.82) is 0 Å². The number of rotatable bonds is 8. The Morgan fingerprint density at radius 1 is 0.941 bits per heavy atom. The monoisotopic (exact) mass is 504 g/mol. The Bertz CT molecular complexity index is 1400. The summed E-state index contributed by atoms with van der Waals surface area (Å²) in [6, 6.07) is 10.4. The molecule has 11 heteroatoms. The van der Waals surface area contributed by atoms with Crippen molar-refractivity contribution in [2.75, 3.05) is 19.0 Å². The van der Waals surface area contributed by atoms with Crippen LogP contribution in [-0.4, -0.2) is 49.8 Å². The molecule has 180 valence electrons. The maximum absolute atomic E-state index is 12.8. The standard InChI is InChI=1S/C23H24N2O7S2/c1-4-31-20(26)14-25-18-12-9-16(22(28)32-5-2)13-19(18)33-23(25)24-21(27)15-7-10-17(11-8-15)34(29,30)6-3/h7-13H,4-6,14H2,1-3H3. The molecule has 1 heterocycles. The van der Waals surface area contributed by atoms with E-state index in [1.807, 2.05) is 0 Å². The van der Waals surface area contributed by atoms with Crippen LogP contribution in [-0.2, 0) is 30.7 Å². The van der Waals surface area contributed by atoms with Crippen LogP contribution in [0.4, 0.5) is 0 Å². The number of benzene rings is 2. The number of carbonyl (C=O) groups is 3. The molecule has 0 saturated heterocycles. The van der Waals surface area contributed by atoms with E-state index in [2.05, 4.69) is 4.99 Å². The summed E-state index contributed by atoms with van der Waals surface area (Å²) in [5.74, 6) is -1.63. The van der Waals surface area contributed by atoms with E-state index in [0.29, 0.717) is 15.8 Å². The van der Waals surface area contributed by atoms with Crippen molar-refractivity contribution in [1.82, 2.24) is 4.57 Å². The van der Waals surface area contributed by atoms with Crippen LogP contribution in [0.5, 0.6) is 0 Å². The second-order valence-corrected chi connectivity index (χ2v) is 10.3. The molecule has 0 atom stereocenters. The molecule has 0 aliphatic heterocycles. The van der Waals surface area contributed by atoms with Crippen LogP contribution in [0, 0.1) is 0 Å². The fraction of sp³-hybridized carbons (Fsp3) is 0.304. The minimum Gasteiger partial charge on any atom is -0.465 e. The molecule has 2 aromatic carbocycles. The highest BCUT2D eigenvalue weighted by Crippen LogP contribution is 2.21. The lowest BCUT2D eigenvalue weighted by atomic mass is 10.2. The highest BCUT2D eigenvalue weighted by molar-refractivity contribution is 7.91. The van der Waals surface area contributed by atoms with E-state index < -0.39 is 27.7 Å². The SMILES string of the molecule is CCOC(=O)Cn1c(=NC(=O)c2ccc(S(=O)(=O)CC)cc2)sc2cc(C(=O)OCC)ccc21. The van der Waals surface area contributed by atoms with Crippen molar-refractivity contribution in [2.45, 2.75) is 32.2 Å². The molecule has 1 amide bonds. The second-order valence-electron chi connectivity index (χ2n) is 7.02. The second kappa shape index (κ2) is 10.7. The maximum atomic E-state index is 12.8. The molecule has 0 fully saturated rings. The molecule has 0 spiro atoms. The summed E-state index contributed by atoms with van der Waals surface area (Å²) in [6.45, 7) is 5.20. The lowest BCUT2D eigenvalue weighted by Crippen LogP contribution is -2.23. The van der Waals surface area contributed by atoms with Gasteiger partial charge in [-0.2, -0.15) is 4.99 Å². The van der Waals surface area contributed by atoms with E-state index in [0.717, 1.165) is 11.3 Å². The number of sulfone groups is 1. The van der Waals surface area contributed by atoms with Crippen molar-refractivity contribution >= 4 is 49.2 Å². The number of hydrogen-bond acceptors (Lipinski definition) is 8. The summed E-state index contributed by atoms with van der Waals surface area (Å²) in [5.41, 5.74) is 1.13. The Kier molecular flexibility index (Phi) is 8.00. The smallest absolute Gasteiger partial charge is 0.338 e. The van der Waals surface area contributed by atoms with E-state index in [1.165, 1.54) is 24.3 Å². The Morgan fingerprint density at radius 3 is 2.21 bits per heavy atom. The zero-order valence-corrected chi connectivity index (χ0v) is 20.6. The average Bonchev–Trinajstić information content (AvgIpc) is 3.15. The third-order valence-electron chi connectivity index (χ3n) is 4.82. The predicted octanol–water partition coefficient (Wildman–Crippen LogP) is 2.98. The first-order valence-corrected chi connectivity index (χ1v) is 13.0. The van der Waals surface area contributed by atoms with E-state index >= 15 is 0 Å². The van der Waals surface area contributed by atoms with Crippen LogP contribution < -0.4 is 4.80 Å². The molecule has 0 saturated carbocycles. The summed E-state index contributed by atoms with van der Waals surface area (Å²) in [5, 5.41) is 0. The van der Waals surface area contributed by atoms with Crippen molar-refractivity contribution in [3.63, 3.8) is 0 Å². The number of amides is 1. The van der Waals surface area contributed by atoms with E-state index in [-0.39, 0.29) is 40.8 Å². The number of aromatic nitrogens is 1. The fourth-order valence-corrected chi connectivity index (χ4v) is 5.06. The highest BCUT2D eigenvalue weighted by atomic mass is 32.2. The summed E-state index contributed by atoms with van der Waals surface area (Å²) < 4.78 is 36.3. The summed E-state index contributed by atoms with van der Waals surface area (Å²) >= 11 is 1.13. The molecular formula is C23H24N2O7S2. The molecule has 34 heavy (non-hydrogen) atoms. The average molecular weight is 505 g/mol. The quantitative estimate of drug-likeness (QED) is 0.432. The number of thiazole rings is 1. The zero-order chi connectivity index (χ0) is 24.9.